The molecular formula is C38H62N5O27P. The largest absolute Gasteiger partial charge is 0.479 e. The summed E-state index contributed by atoms with van der Waals surface area (Å²) in [4.78, 5) is 84.6. The van der Waals surface area contributed by atoms with E-state index in [1.807, 2.05) is 0 Å². The SMILES string of the molecule is CC(=O)NC1C(OC2C(CO)OC(OC3C(OP(=O)(O)OCC(OCC=C(C)C)C(=O)O)OC(C(N)=O)C(C)(O)C3OC(N)=O)C(NC(C)=O)C2O)OC(C)C(OC2OC(C(N)=O)C(O)C(O)C2O)C1O. The monoisotopic (exact) mass is 1050 g/mol. The molecule has 33 heteroatoms. The van der Waals surface area contributed by atoms with E-state index < -0.39 is 185 Å². The molecule has 4 aliphatic rings. The fourth-order valence-corrected chi connectivity index (χ4v) is 8.64. The maximum atomic E-state index is 13.4. The van der Waals surface area contributed by atoms with Crippen LogP contribution in [-0.4, -0.2) is 230 Å². The van der Waals surface area contributed by atoms with Crippen molar-refractivity contribution in [2.24, 2.45) is 17.2 Å². The normalized spacial score (nSPS) is 39.7. The first-order chi connectivity index (χ1) is 32.9. The van der Waals surface area contributed by atoms with Crippen molar-refractivity contribution < 1.29 is 131 Å². The Morgan fingerprint density at radius 2 is 1.30 bits per heavy atom. The number of nitrogens with one attached hydrogen (secondary N) is 2. The second-order valence-electron chi connectivity index (χ2n) is 17.2. The first-order valence-electron chi connectivity index (χ1n) is 21.5. The number of hydrogen-bond donors (Lipinski definition) is 14. The number of nitrogens with two attached hydrogens (primary N) is 3. The Balaban J connectivity index is 1.67. The van der Waals surface area contributed by atoms with Crippen LogP contribution in [0.1, 0.15) is 41.5 Å². The highest BCUT2D eigenvalue weighted by Crippen LogP contribution is 2.49. The Labute approximate surface area is 403 Å². The van der Waals surface area contributed by atoms with Crippen molar-refractivity contribution in [2.75, 3.05) is 19.8 Å². The van der Waals surface area contributed by atoms with Gasteiger partial charge >= 0.3 is 19.9 Å². The first kappa shape index (κ1) is 59.4. The highest BCUT2D eigenvalue weighted by atomic mass is 31.2. The predicted octanol–water partition coefficient (Wildman–Crippen LogP) is -7.38. The third kappa shape index (κ3) is 14.8. The summed E-state index contributed by atoms with van der Waals surface area (Å²) in [6, 6.07) is -3.60. The lowest BCUT2D eigenvalue weighted by Crippen LogP contribution is -2.72. The van der Waals surface area contributed by atoms with Crippen LogP contribution < -0.4 is 27.8 Å². The molecule has 32 nitrogen and oxygen atoms in total. The average Bonchev–Trinajstić information content (AvgIpc) is 3.25. The third-order valence-corrected chi connectivity index (χ3v) is 12.2. The summed E-state index contributed by atoms with van der Waals surface area (Å²) in [6.07, 6.45) is -36.1. The van der Waals surface area contributed by atoms with Gasteiger partial charge in [-0.2, -0.15) is 0 Å². The van der Waals surface area contributed by atoms with Crippen LogP contribution >= 0.6 is 7.82 Å². The molecule has 4 fully saturated rings. The van der Waals surface area contributed by atoms with Gasteiger partial charge in [-0.3, -0.25) is 28.2 Å². The van der Waals surface area contributed by atoms with Gasteiger partial charge in [-0.25, -0.2) is 14.2 Å². The molecule has 0 aromatic carbocycles. The van der Waals surface area contributed by atoms with Gasteiger partial charge in [-0.05, 0) is 27.7 Å². The van der Waals surface area contributed by atoms with E-state index in [1.165, 1.54) is 13.0 Å². The summed E-state index contributed by atoms with van der Waals surface area (Å²) in [5.41, 5.74) is 14.0. The van der Waals surface area contributed by atoms with Gasteiger partial charge in [0, 0.05) is 13.8 Å². The smallest absolute Gasteiger partial charge is 0.474 e. The molecule has 0 aromatic rings. The van der Waals surface area contributed by atoms with Gasteiger partial charge in [0.05, 0.1) is 25.9 Å². The van der Waals surface area contributed by atoms with Crippen LogP contribution in [0.5, 0.6) is 0 Å². The Morgan fingerprint density at radius 3 is 1.80 bits per heavy atom. The van der Waals surface area contributed by atoms with Crippen LogP contribution in [0.4, 0.5) is 4.79 Å². The Kier molecular flexibility index (Phi) is 20.7. The molecule has 22 atom stereocenters. The van der Waals surface area contributed by atoms with E-state index in [-0.39, 0.29) is 6.61 Å². The van der Waals surface area contributed by atoms with Gasteiger partial charge in [0.25, 0.3) is 0 Å². The molecule has 0 aliphatic carbocycles. The molecular weight excluding hydrogens is 989 g/mol. The summed E-state index contributed by atoms with van der Waals surface area (Å²) < 4.78 is 74.1. The summed E-state index contributed by atoms with van der Waals surface area (Å²) in [7, 11) is -5.63. The number of phosphoric ester groups is 1. The number of primary amides is 3. The second-order valence-corrected chi connectivity index (χ2v) is 18.6. The van der Waals surface area contributed by atoms with Gasteiger partial charge < -0.3 is 116 Å². The molecule has 4 aliphatic heterocycles. The summed E-state index contributed by atoms with van der Waals surface area (Å²) in [5.74, 6) is -6.11. The lowest BCUT2D eigenvalue weighted by atomic mass is 9.85. The van der Waals surface area contributed by atoms with Crippen LogP contribution in [-0.2, 0) is 80.2 Å². The maximum Gasteiger partial charge on any atom is 0.474 e. The fourth-order valence-electron chi connectivity index (χ4n) is 7.82. The molecule has 0 saturated carbocycles. The Bertz CT molecular complexity index is 1980. The number of aliphatic hydroxyl groups excluding tert-OH is 6. The zero-order chi connectivity index (χ0) is 53.6. The Hall–Kier alpha value is -4.13. The molecule has 4 saturated heterocycles. The fraction of sp³-hybridized carbons (Fsp3) is 0.789. The molecule has 0 radical (unpaired) electrons. The number of carboxylic acid groups (broad SMARTS) is 1. The number of carbonyl (C=O) groups excluding carboxylic acids is 5. The lowest BCUT2D eigenvalue weighted by molar-refractivity contribution is -0.370. The number of hydrogen-bond acceptors (Lipinski definition) is 25. The molecule has 4 heterocycles. The summed E-state index contributed by atoms with van der Waals surface area (Å²) in [5, 5.41) is 91.2. The van der Waals surface area contributed by atoms with Crippen molar-refractivity contribution in [3.8, 4) is 0 Å². The van der Waals surface area contributed by atoms with Crippen LogP contribution in [0.3, 0.4) is 0 Å². The van der Waals surface area contributed by atoms with Gasteiger partial charge in [0.2, 0.25) is 23.6 Å². The Morgan fingerprint density at radius 1 is 0.746 bits per heavy atom. The van der Waals surface area contributed by atoms with Crippen LogP contribution in [0.15, 0.2) is 11.6 Å². The highest BCUT2D eigenvalue weighted by Gasteiger charge is 2.62. The van der Waals surface area contributed by atoms with Crippen molar-refractivity contribution in [3.63, 3.8) is 0 Å². The van der Waals surface area contributed by atoms with Crippen LogP contribution in [0, 0.1) is 0 Å². The van der Waals surface area contributed by atoms with Crippen molar-refractivity contribution in [1.82, 2.24) is 10.6 Å². The zero-order valence-electron chi connectivity index (χ0n) is 38.8. The maximum absolute atomic E-state index is 13.4. The summed E-state index contributed by atoms with van der Waals surface area (Å²) in [6.45, 7) is 4.92. The van der Waals surface area contributed by atoms with E-state index in [0.29, 0.717) is 0 Å². The standard InChI is InChI=1S/C38H62N5O27P/c1-11(2)7-8-60-16(32(54)55)10-61-71(58,59)70-36-27(28(69-37(41)56)38(6,57)29(68-36)31(40)53)67-34-18(43-14(5)46)20(48)25(15(9-44)63-34)65-33-17(42-13(4)45)19(47)24(12(3)62-33)64-35-23(51)21(49)22(50)26(66-35)30(39)52/h7,12,15-29,33-36,44,47-51,57H,8-10H2,1-6H3,(H2,39,52)(H2,40,53)(H2,41,56)(H,42,45)(H,43,46)(H,54,55)(H,58,59). The molecule has 71 heavy (non-hydrogen) atoms. The molecule has 0 bridgehead atoms. The van der Waals surface area contributed by atoms with Gasteiger partial charge in [-0.1, -0.05) is 11.6 Å². The topological polar surface area (TPSA) is 505 Å². The van der Waals surface area contributed by atoms with E-state index in [0.717, 1.165) is 26.3 Å². The van der Waals surface area contributed by atoms with E-state index in [9.17, 15) is 79.1 Å². The quantitative estimate of drug-likeness (QED) is 0.0375. The van der Waals surface area contributed by atoms with Crippen molar-refractivity contribution in [2.45, 2.75) is 170 Å². The molecule has 22 unspecified atom stereocenters. The summed E-state index contributed by atoms with van der Waals surface area (Å²) >= 11 is 0. The van der Waals surface area contributed by atoms with E-state index in [4.69, 9.17) is 68.9 Å². The number of carboxylic acids is 1. The predicted molar refractivity (Wildman–Crippen MR) is 224 cm³/mol. The number of aliphatic carboxylic acids is 1. The minimum absolute atomic E-state index is 0.269. The van der Waals surface area contributed by atoms with Gasteiger partial charge in [-0.15, -0.1) is 0 Å². The number of allylic oxidation sites excluding steroid dienone is 1. The number of carbonyl (C=O) groups is 6. The molecule has 4 rings (SSSR count). The third-order valence-electron chi connectivity index (χ3n) is 11.3. The lowest BCUT2D eigenvalue weighted by Gasteiger charge is -2.51. The van der Waals surface area contributed by atoms with Gasteiger partial charge in [0.15, 0.2) is 55.7 Å². The molecule has 0 spiro atoms. The number of amides is 5. The van der Waals surface area contributed by atoms with Crippen LogP contribution in [0.25, 0.3) is 0 Å². The van der Waals surface area contributed by atoms with E-state index in [2.05, 4.69) is 10.6 Å². The van der Waals surface area contributed by atoms with Crippen molar-refractivity contribution >= 4 is 43.5 Å². The first-order valence-corrected chi connectivity index (χ1v) is 23.0. The van der Waals surface area contributed by atoms with E-state index in [1.54, 1.807) is 13.8 Å². The minimum atomic E-state index is -5.63. The molecule has 5 amide bonds. The highest BCUT2D eigenvalue weighted by molar-refractivity contribution is 7.47. The van der Waals surface area contributed by atoms with Crippen molar-refractivity contribution in [3.05, 3.63) is 11.6 Å². The van der Waals surface area contributed by atoms with Gasteiger partial charge in [0.1, 0.15) is 66.5 Å². The zero-order valence-corrected chi connectivity index (χ0v) is 39.7. The van der Waals surface area contributed by atoms with E-state index >= 15 is 0 Å². The van der Waals surface area contributed by atoms with Crippen LogP contribution in [0.2, 0.25) is 0 Å². The second kappa shape index (κ2) is 24.7. The molecule has 17 N–H and O–H groups in total. The molecule has 406 valence electrons. The number of ether oxygens (including phenoxy) is 9. The average molecular weight is 1050 g/mol. The number of rotatable bonds is 21. The van der Waals surface area contributed by atoms with Crippen molar-refractivity contribution in [1.29, 1.82) is 0 Å². The number of phosphoric acid groups is 1. The molecule has 0 aromatic heterocycles. The minimum Gasteiger partial charge on any atom is -0.479 e. The number of aliphatic hydroxyl groups is 7.